The Kier molecular flexibility index (Phi) is 7.06. The third-order valence-electron chi connectivity index (χ3n) is 3.96. The van der Waals surface area contributed by atoms with E-state index >= 15 is 0 Å². The van der Waals surface area contributed by atoms with E-state index in [-0.39, 0.29) is 16.3 Å². The molecule has 0 atom stereocenters. The van der Waals surface area contributed by atoms with Crippen LogP contribution in [0.4, 0.5) is 0 Å². The number of nitrogens with zero attached hydrogens (tertiary/aromatic N) is 1. The number of halogens is 2. The van der Waals surface area contributed by atoms with Gasteiger partial charge in [0.25, 0.3) is 5.91 Å². The second-order valence-electron chi connectivity index (χ2n) is 5.99. The van der Waals surface area contributed by atoms with Crippen LogP contribution in [0, 0.1) is 0 Å². The van der Waals surface area contributed by atoms with Crippen LogP contribution in [0.3, 0.4) is 0 Å². The van der Waals surface area contributed by atoms with Gasteiger partial charge in [0, 0.05) is 5.02 Å². The zero-order valence-corrected chi connectivity index (χ0v) is 17.3. The normalized spacial score (nSPS) is 10.6. The van der Waals surface area contributed by atoms with E-state index in [1.54, 1.807) is 48.5 Å². The predicted octanol–water partition coefficient (Wildman–Crippen LogP) is 4.99. The minimum atomic E-state index is -0.498. The van der Waals surface area contributed by atoms with E-state index in [2.05, 4.69) is 10.5 Å². The van der Waals surface area contributed by atoms with E-state index in [0.29, 0.717) is 21.9 Å². The molecule has 8 heteroatoms. The number of methoxy groups -OCH3 is 1. The second-order valence-corrected chi connectivity index (χ2v) is 6.83. The van der Waals surface area contributed by atoms with E-state index < -0.39 is 11.9 Å². The number of carbonyl (C=O) groups excluding carboxylic acids is 2. The van der Waals surface area contributed by atoms with Crippen LogP contribution in [0.15, 0.2) is 71.8 Å². The number of rotatable bonds is 6. The number of benzene rings is 3. The molecule has 0 fully saturated rings. The summed E-state index contributed by atoms with van der Waals surface area (Å²) in [5, 5.41) is 4.57. The van der Waals surface area contributed by atoms with Gasteiger partial charge in [-0.25, -0.2) is 10.2 Å². The summed E-state index contributed by atoms with van der Waals surface area (Å²) in [7, 11) is 1.46. The Morgan fingerprint density at radius 2 is 1.73 bits per heavy atom. The average molecular weight is 443 g/mol. The van der Waals surface area contributed by atoms with Gasteiger partial charge < -0.3 is 9.47 Å². The van der Waals surface area contributed by atoms with Crippen molar-refractivity contribution in [1.29, 1.82) is 0 Å². The maximum Gasteiger partial charge on any atom is 0.343 e. The average Bonchev–Trinajstić information content (AvgIpc) is 2.75. The summed E-state index contributed by atoms with van der Waals surface area (Å²) < 4.78 is 10.7. The first kappa shape index (κ1) is 21.4. The summed E-state index contributed by atoms with van der Waals surface area (Å²) in [4.78, 5) is 24.4. The molecular formula is C22H16Cl2N2O4. The van der Waals surface area contributed by atoms with Gasteiger partial charge in [-0.2, -0.15) is 5.10 Å². The fourth-order valence-corrected chi connectivity index (χ4v) is 2.98. The minimum absolute atomic E-state index is 0.224. The van der Waals surface area contributed by atoms with Crippen molar-refractivity contribution in [2.45, 2.75) is 0 Å². The lowest BCUT2D eigenvalue weighted by Gasteiger charge is -2.10. The van der Waals surface area contributed by atoms with Gasteiger partial charge in [-0.15, -0.1) is 0 Å². The zero-order valence-electron chi connectivity index (χ0n) is 15.8. The number of carbonyl (C=O) groups is 2. The third kappa shape index (κ3) is 5.37. The first-order chi connectivity index (χ1) is 14.5. The van der Waals surface area contributed by atoms with Crippen molar-refractivity contribution in [3.8, 4) is 11.5 Å². The molecule has 0 bridgehead atoms. The van der Waals surface area contributed by atoms with Crippen molar-refractivity contribution in [2.24, 2.45) is 5.10 Å². The van der Waals surface area contributed by atoms with Gasteiger partial charge in [0.15, 0.2) is 11.5 Å². The summed E-state index contributed by atoms with van der Waals surface area (Å²) in [5.41, 5.74) is 3.68. The molecule has 0 radical (unpaired) electrons. The van der Waals surface area contributed by atoms with Crippen molar-refractivity contribution < 1.29 is 19.1 Å². The molecule has 0 aliphatic rings. The second kappa shape index (κ2) is 9.91. The van der Waals surface area contributed by atoms with Crippen molar-refractivity contribution in [3.63, 3.8) is 0 Å². The minimum Gasteiger partial charge on any atom is -0.493 e. The van der Waals surface area contributed by atoms with Gasteiger partial charge in [0.05, 0.1) is 29.5 Å². The monoisotopic (exact) mass is 442 g/mol. The number of esters is 1. The van der Waals surface area contributed by atoms with Gasteiger partial charge in [-0.3, -0.25) is 4.79 Å². The van der Waals surface area contributed by atoms with E-state index in [4.69, 9.17) is 32.7 Å². The predicted molar refractivity (Wildman–Crippen MR) is 116 cm³/mol. The highest BCUT2D eigenvalue weighted by Gasteiger charge is 2.13. The quantitative estimate of drug-likeness (QED) is 0.252. The van der Waals surface area contributed by atoms with Gasteiger partial charge in [0.1, 0.15) is 0 Å². The van der Waals surface area contributed by atoms with Crippen molar-refractivity contribution in [3.05, 3.63) is 93.5 Å². The Hall–Kier alpha value is -3.35. The Morgan fingerprint density at radius 1 is 0.967 bits per heavy atom. The molecule has 30 heavy (non-hydrogen) atoms. The van der Waals surface area contributed by atoms with E-state index in [0.717, 1.165) is 0 Å². The van der Waals surface area contributed by atoms with E-state index in [9.17, 15) is 9.59 Å². The van der Waals surface area contributed by atoms with Crippen LogP contribution in [0.2, 0.25) is 10.0 Å². The Morgan fingerprint density at radius 3 is 2.43 bits per heavy atom. The number of hydrogen-bond donors (Lipinski definition) is 1. The summed E-state index contributed by atoms with van der Waals surface area (Å²) >= 11 is 11.8. The van der Waals surface area contributed by atoms with Crippen LogP contribution in [-0.4, -0.2) is 25.2 Å². The standard InChI is InChI=1S/C22H16Cl2N2O4/c1-29-20-11-14(7-10-19(20)30-22(28)15-5-3-2-4-6-15)13-25-26-21(27)17-9-8-16(23)12-18(17)24/h2-13H,1H3,(H,26,27)/b25-13-. The summed E-state index contributed by atoms with van der Waals surface area (Å²) in [5.74, 6) is -0.369. The third-order valence-corrected chi connectivity index (χ3v) is 4.50. The summed E-state index contributed by atoms with van der Waals surface area (Å²) in [6, 6.07) is 18.0. The molecule has 0 aromatic heterocycles. The molecule has 3 aromatic carbocycles. The molecule has 6 nitrogen and oxygen atoms in total. The van der Waals surface area contributed by atoms with Crippen LogP contribution in [0.5, 0.6) is 11.5 Å². The molecular weight excluding hydrogens is 427 g/mol. The molecule has 0 saturated carbocycles. The molecule has 0 heterocycles. The summed E-state index contributed by atoms with van der Waals surface area (Å²) in [6.07, 6.45) is 1.42. The molecule has 0 saturated heterocycles. The molecule has 0 spiro atoms. The van der Waals surface area contributed by atoms with Crippen molar-refractivity contribution in [1.82, 2.24) is 5.43 Å². The Labute approximate surface area is 183 Å². The lowest BCUT2D eigenvalue weighted by molar-refractivity contribution is 0.0729. The van der Waals surface area contributed by atoms with Crippen molar-refractivity contribution in [2.75, 3.05) is 7.11 Å². The highest BCUT2D eigenvalue weighted by molar-refractivity contribution is 6.36. The Balaban J connectivity index is 1.68. The van der Waals surface area contributed by atoms with Crippen LogP contribution >= 0.6 is 23.2 Å². The lowest BCUT2D eigenvalue weighted by Crippen LogP contribution is -2.18. The van der Waals surface area contributed by atoms with Crippen LogP contribution in [0.25, 0.3) is 0 Å². The first-order valence-electron chi connectivity index (χ1n) is 8.71. The molecule has 0 unspecified atom stereocenters. The number of amides is 1. The molecule has 0 aliphatic carbocycles. The topological polar surface area (TPSA) is 77.0 Å². The van der Waals surface area contributed by atoms with Gasteiger partial charge in [-0.1, -0.05) is 41.4 Å². The van der Waals surface area contributed by atoms with Gasteiger partial charge in [-0.05, 0) is 54.1 Å². The fourth-order valence-electron chi connectivity index (χ4n) is 2.48. The molecule has 1 N–H and O–H groups in total. The van der Waals surface area contributed by atoms with E-state index in [1.165, 1.54) is 25.5 Å². The molecule has 1 amide bonds. The highest BCUT2D eigenvalue weighted by Crippen LogP contribution is 2.28. The number of hydrogen-bond acceptors (Lipinski definition) is 5. The molecule has 3 rings (SSSR count). The fraction of sp³-hybridized carbons (Fsp3) is 0.0455. The molecule has 3 aromatic rings. The van der Waals surface area contributed by atoms with E-state index in [1.807, 2.05) is 6.07 Å². The van der Waals surface area contributed by atoms with Crippen LogP contribution < -0.4 is 14.9 Å². The number of nitrogens with one attached hydrogen (secondary N) is 1. The molecule has 0 aliphatic heterocycles. The smallest absolute Gasteiger partial charge is 0.343 e. The maximum atomic E-state index is 12.2. The summed E-state index contributed by atoms with van der Waals surface area (Å²) in [6.45, 7) is 0. The zero-order chi connectivity index (χ0) is 21.5. The number of hydrazone groups is 1. The van der Waals surface area contributed by atoms with Gasteiger partial charge in [0.2, 0.25) is 0 Å². The largest absolute Gasteiger partial charge is 0.493 e. The van der Waals surface area contributed by atoms with Crippen molar-refractivity contribution >= 4 is 41.3 Å². The van der Waals surface area contributed by atoms with Crippen LogP contribution in [-0.2, 0) is 0 Å². The Bertz CT molecular complexity index is 1100. The highest BCUT2D eigenvalue weighted by atomic mass is 35.5. The van der Waals surface area contributed by atoms with Gasteiger partial charge >= 0.3 is 5.97 Å². The SMILES string of the molecule is COc1cc(/C=N\NC(=O)c2ccc(Cl)cc2Cl)ccc1OC(=O)c1ccccc1. The molecule has 152 valence electrons. The van der Waals surface area contributed by atoms with Crippen LogP contribution in [0.1, 0.15) is 26.3 Å². The lowest BCUT2D eigenvalue weighted by atomic mass is 10.2. The number of ether oxygens (including phenoxy) is 2. The first-order valence-corrected chi connectivity index (χ1v) is 9.47. The maximum absolute atomic E-state index is 12.2.